The first-order chi connectivity index (χ1) is 15.9. The minimum Gasteiger partial charge on any atom is -0.377 e. The number of nitrogens with one attached hydrogen (secondary N) is 1. The number of rotatable bonds is 9. The van der Waals surface area contributed by atoms with Crippen LogP contribution in [0.2, 0.25) is 0 Å². The average Bonchev–Trinajstić information content (AvgIpc) is 3.43. The minimum atomic E-state index is -0.692. The summed E-state index contributed by atoms with van der Waals surface area (Å²) in [6.45, 7) is 0.406. The predicted molar refractivity (Wildman–Crippen MR) is 129 cm³/mol. The summed E-state index contributed by atoms with van der Waals surface area (Å²) >= 11 is 1.52. The van der Waals surface area contributed by atoms with Crippen molar-refractivity contribution in [2.45, 2.75) is 17.5 Å². The highest BCUT2D eigenvalue weighted by Gasteiger charge is 2.19. The number of carbonyl (C=O) groups is 2. The molecular weight excluding hydrogens is 438 g/mol. The summed E-state index contributed by atoms with van der Waals surface area (Å²) in [6, 6.07) is 15.3. The molecule has 0 saturated heterocycles. The van der Waals surface area contributed by atoms with Crippen LogP contribution in [-0.2, 0) is 18.4 Å². The van der Waals surface area contributed by atoms with E-state index in [-0.39, 0.29) is 5.82 Å². The number of carbonyl (C=O) groups excluding carboxylic acids is 2. The zero-order valence-corrected chi connectivity index (χ0v) is 19.5. The summed E-state index contributed by atoms with van der Waals surface area (Å²) in [5.41, 5.74) is 3.16. The Morgan fingerprint density at radius 3 is 2.73 bits per heavy atom. The molecule has 0 unspecified atom stereocenters. The van der Waals surface area contributed by atoms with E-state index in [1.165, 1.54) is 16.6 Å². The molecule has 9 nitrogen and oxygen atoms in total. The molecule has 1 N–H and O–H groups in total. The second-order valence-electron chi connectivity index (χ2n) is 7.86. The predicted octanol–water partition coefficient (Wildman–Crippen LogP) is 2.37. The number of thioether (sulfide) groups is 1. The molecule has 0 bridgehead atoms. The molecule has 0 fully saturated rings. The molecule has 2 heterocycles. The molecule has 0 radical (unpaired) electrons. The third-order valence-electron chi connectivity index (χ3n) is 5.17. The fraction of sp³-hybridized carbons (Fsp3) is 0.261. The Kier molecular flexibility index (Phi) is 6.74. The molecule has 2 aromatic heterocycles. The quantitative estimate of drug-likeness (QED) is 0.301. The van der Waals surface area contributed by atoms with Crippen molar-refractivity contribution in [3.05, 3.63) is 66.1 Å². The zero-order valence-electron chi connectivity index (χ0n) is 18.7. The van der Waals surface area contributed by atoms with Crippen LogP contribution in [0.5, 0.6) is 0 Å². The summed E-state index contributed by atoms with van der Waals surface area (Å²) in [4.78, 5) is 28.7. The Labute approximate surface area is 195 Å². The number of fused-ring (bicyclic) bond motifs is 1. The average molecular weight is 464 g/mol. The van der Waals surface area contributed by atoms with E-state index in [2.05, 4.69) is 43.5 Å². The van der Waals surface area contributed by atoms with Gasteiger partial charge in [-0.15, -0.1) is 22.0 Å². The highest BCUT2D eigenvalue weighted by Crippen LogP contribution is 2.34. The number of aromatic nitrogens is 5. The molecule has 1 amide bonds. The van der Waals surface area contributed by atoms with Crippen molar-refractivity contribution in [2.24, 2.45) is 7.05 Å². The molecule has 0 spiro atoms. The van der Waals surface area contributed by atoms with Crippen molar-refractivity contribution in [1.29, 1.82) is 0 Å². The van der Waals surface area contributed by atoms with Gasteiger partial charge in [0.05, 0.1) is 18.3 Å². The van der Waals surface area contributed by atoms with E-state index >= 15 is 0 Å². The monoisotopic (exact) mass is 463 g/mol. The first kappa shape index (κ1) is 22.5. The van der Waals surface area contributed by atoms with Gasteiger partial charge in [-0.1, -0.05) is 30.3 Å². The number of nitrogens with zero attached hydrogens (tertiary/aromatic N) is 6. The van der Waals surface area contributed by atoms with Crippen molar-refractivity contribution in [1.82, 2.24) is 30.1 Å². The summed E-state index contributed by atoms with van der Waals surface area (Å²) in [5, 5.41) is 15.7. The highest BCUT2D eigenvalue weighted by atomic mass is 32.2. The third kappa shape index (κ3) is 5.23. The highest BCUT2D eigenvalue weighted by molar-refractivity contribution is 7.99. The normalized spacial score (nSPS) is 12.0. The molecule has 4 aromatic rings. The maximum atomic E-state index is 12.6. The third-order valence-corrected chi connectivity index (χ3v) is 6.33. The van der Waals surface area contributed by atoms with Gasteiger partial charge >= 0.3 is 0 Å². The van der Waals surface area contributed by atoms with E-state index in [4.69, 9.17) is 0 Å². The lowest BCUT2D eigenvalue weighted by molar-refractivity contribution is -0.109. The molecule has 0 saturated carbocycles. The number of hydrogen-bond donors (Lipinski definition) is 1. The molecule has 1 atom stereocenters. The SMILES string of the molecule is CN(C)c1cc2ccn(C)c2cc1SC[C@@H](C=O)NC(=O)c1nnn(Cc2ccccc2)n1. The Morgan fingerprint density at radius 2 is 2.00 bits per heavy atom. The van der Waals surface area contributed by atoms with Crippen LogP contribution in [-0.4, -0.2) is 62.9 Å². The summed E-state index contributed by atoms with van der Waals surface area (Å²) < 4.78 is 2.06. The summed E-state index contributed by atoms with van der Waals surface area (Å²) in [6.07, 6.45) is 2.75. The second kappa shape index (κ2) is 9.86. The first-order valence-electron chi connectivity index (χ1n) is 10.4. The Morgan fingerprint density at radius 1 is 1.21 bits per heavy atom. The van der Waals surface area contributed by atoms with Crippen molar-refractivity contribution in [3.63, 3.8) is 0 Å². The number of hydrogen-bond acceptors (Lipinski definition) is 7. The van der Waals surface area contributed by atoms with Gasteiger partial charge in [0.2, 0.25) is 0 Å². The van der Waals surface area contributed by atoms with Crippen molar-refractivity contribution < 1.29 is 9.59 Å². The first-order valence-corrected chi connectivity index (χ1v) is 11.4. The molecule has 2 aromatic carbocycles. The Bertz CT molecular complexity index is 1270. The standard InChI is InChI=1S/C23H25N7O2S/c1-28(2)20-11-17-9-10-29(3)19(17)12-21(20)33-15-18(14-31)24-23(32)22-25-27-30(26-22)13-16-7-5-4-6-8-16/h4-12,14,18H,13,15H2,1-3H3,(H,24,32)/t18-/m1/s1. The largest absolute Gasteiger partial charge is 0.377 e. The number of anilines is 1. The lowest BCUT2D eigenvalue weighted by Gasteiger charge is -2.19. The molecule has 170 valence electrons. The van der Waals surface area contributed by atoms with Gasteiger partial charge in [0, 0.05) is 48.9 Å². The second-order valence-corrected chi connectivity index (χ2v) is 8.92. The summed E-state index contributed by atoms with van der Waals surface area (Å²) in [5.74, 6) is -0.218. The lowest BCUT2D eigenvalue weighted by Crippen LogP contribution is -2.38. The van der Waals surface area contributed by atoms with Crippen LogP contribution in [0.15, 0.2) is 59.6 Å². The Hall–Kier alpha value is -3.66. The molecule has 0 aliphatic carbocycles. The van der Waals surface area contributed by atoms with Crippen molar-refractivity contribution in [2.75, 3.05) is 24.7 Å². The van der Waals surface area contributed by atoms with Crippen LogP contribution < -0.4 is 10.2 Å². The van der Waals surface area contributed by atoms with Gasteiger partial charge in [-0.3, -0.25) is 4.79 Å². The number of aldehydes is 1. The smallest absolute Gasteiger partial charge is 0.293 e. The number of aryl methyl sites for hydroxylation is 1. The van der Waals surface area contributed by atoms with E-state index in [1.807, 2.05) is 62.6 Å². The van der Waals surface area contributed by atoms with Gasteiger partial charge in [-0.25, -0.2) is 0 Å². The lowest BCUT2D eigenvalue weighted by atomic mass is 10.2. The van der Waals surface area contributed by atoms with E-state index in [0.29, 0.717) is 12.3 Å². The van der Waals surface area contributed by atoms with E-state index in [0.717, 1.165) is 33.3 Å². The molecule has 0 aliphatic rings. The van der Waals surface area contributed by atoms with Gasteiger partial charge in [-0.05, 0) is 29.0 Å². The maximum absolute atomic E-state index is 12.6. The van der Waals surface area contributed by atoms with Crippen LogP contribution >= 0.6 is 11.8 Å². The van der Waals surface area contributed by atoms with Gasteiger partial charge < -0.3 is 19.6 Å². The van der Waals surface area contributed by atoms with Crippen LogP contribution in [0.1, 0.15) is 16.2 Å². The molecule has 4 rings (SSSR count). The van der Waals surface area contributed by atoms with E-state index in [1.54, 1.807) is 0 Å². The molecule has 0 aliphatic heterocycles. The summed E-state index contributed by atoms with van der Waals surface area (Å²) in [7, 11) is 5.97. The van der Waals surface area contributed by atoms with Crippen LogP contribution in [0.25, 0.3) is 10.9 Å². The fourth-order valence-corrected chi connectivity index (χ4v) is 4.53. The topological polar surface area (TPSA) is 97.9 Å². The van der Waals surface area contributed by atoms with Crippen LogP contribution in [0.3, 0.4) is 0 Å². The Balaban J connectivity index is 1.42. The van der Waals surface area contributed by atoms with Crippen LogP contribution in [0.4, 0.5) is 5.69 Å². The number of benzene rings is 2. The fourth-order valence-electron chi connectivity index (χ4n) is 3.43. The van der Waals surface area contributed by atoms with Crippen molar-refractivity contribution >= 4 is 40.5 Å². The zero-order chi connectivity index (χ0) is 23.4. The molecule has 10 heteroatoms. The van der Waals surface area contributed by atoms with E-state index in [9.17, 15) is 9.59 Å². The number of tetrazole rings is 1. The van der Waals surface area contributed by atoms with Gasteiger partial charge in [0.1, 0.15) is 6.29 Å². The van der Waals surface area contributed by atoms with Gasteiger partial charge in [0.15, 0.2) is 0 Å². The van der Waals surface area contributed by atoms with Gasteiger partial charge in [0.25, 0.3) is 11.7 Å². The minimum absolute atomic E-state index is 0.0676. The maximum Gasteiger partial charge on any atom is 0.293 e. The molecule has 33 heavy (non-hydrogen) atoms. The van der Waals surface area contributed by atoms with Crippen LogP contribution in [0, 0.1) is 0 Å². The molecular formula is C23H25N7O2S. The van der Waals surface area contributed by atoms with Gasteiger partial charge in [-0.2, -0.15) is 4.80 Å². The number of amides is 1. The van der Waals surface area contributed by atoms with E-state index < -0.39 is 11.9 Å². The van der Waals surface area contributed by atoms with Crippen molar-refractivity contribution in [3.8, 4) is 0 Å².